The molecule has 0 aliphatic rings. The Morgan fingerprint density at radius 2 is 2.00 bits per heavy atom. The predicted octanol–water partition coefficient (Wildman–Crippen LogP) is 5.28. The summed E-state index contributed by atoms with van der Waals surface area (Å²) in [5.74, 6) is 2.57. The van der Waals surface area contributed by atoms with E-state index in [1.807, 2.05) is 43.0 Å². The van der Waals surface area contributed by atoms with Gasteiger partial charge in [-0.2, -0.15) is 0 Å². The van der Waals surface area contributed by atoms with E-state index in [1.165, 1.54) is 4.90 Å². The van der Waals surface area contributed by atoms with E-state index in [1.54, 1.807) is 11.8 Å². The van der Waals surface area contributed by atoms with Crippen molar-refractivity contribution >= 4 is 46.2 Å². The molecule has 3 nitrogen and oxygen atoms in total. The van der Waals surface area contributed by atoms with Crippen LogP contribution in [0.5, 0.6) is 0 Å². The number of benzene rings is 1. The summed E-state index contributed by atoms with van der Waals surface area (Å²) < 4.78 is 0. The van der Waals surface area contributed by atoms with Gasteiger partial charge in [0.15, 0.2) is 5.16 Å². The molecule has 0 unspecified atom stereocenters. The highest BCUT2D eigenvalue weighted by Gasteiger charge is 2.06. The van der Waals surface area contributed by atoms with E-state index in [2.05, 4.69) is 27.1 Å². The van der Waals surface area contributed by atoms with Crippen LogP contribution in [0, 0.1) is 6.92 Å². The Morgan fingerprint density at radius 1 is 1.13 bits per heavy atom. The highest BCUT2D eigenvalue weighted by Crippen LogP contribution is 2.25. The van der Waals surface area contributed by atoms with Crippen molar-refractivity contribution < 1.29 is 0 Å². The van der Waals surface area contributed by atoms with Gasteiger partial charge in [0.2, 0.25) is 0 Å². The molecule has 1 N–H and O–H groups in total. The second kappa shape index (κ2) is 8.08. The molecule has 6 heteroatoms. The Bertz CT molecular complexity index is 755. The number of nitrogens with zero attached hydrogens (tertiary/aromatic N) is 2. The average molecular weight is 364 g/mol. The van der Waals surface area contributed by atoms with E-state index in [0.717, 1.165) is 45.5 Å². The molecule has 1 aromatic carbocycles. The van der Waals surface area contributed by atoms with Crippen molar-refractivity contribution in [2.24, 2.45) is 0 Å². The number of halogens is 1. The zero-order valence-electron chi connectivity index (χ0n) is 12.9. The molecule has 3 aromatic rings. The number of nitrogens with one attached hydrogen (secondary N) is 1. The minimum Gasteiger partial charge on any atom is -0.333 e. The Labute approximate surface area is 149 Å². The zero-order valence-corrected chi connectivity index (χ0v) is 15.3. The third-order valence-electron chi connectivity index (χ3n) is 3.25. The molecule has 0 fully saturated rings. The smallest absolute Gasteiger partial charge is 0.166 e. The molecular weight excluding hydrogens is 346 g/mol. The van der Waals surface area contributed by atoms with Gasteiger partial charge in [-0.1, -0.05) is 23.9 Å². The Balaban J connectivity index is 1.67. The maximum atomic E-state index is 5.74. The number of pyridine rings is 1. The molecule has 0 saturated heterocycles. The molecule has 2 aromatic heterocycles. The minimum atomic E-state index is 0.714. The molecule has 120 valence electrons. The lowest BCUT2D eigenvalue weighted by Gasteiger charge is -2.06. The van der Waals surface area contributed by atoms with Crippen molar-refractivity contribution in [3.63, 3.8) is 0 Å². The van der Waals surface area contributed by atoms with Gasteiger partial charge >= 0.3 is 0 Å². The summed E-state index contributed by atoms with van der Waals surface area (Å²) >= 11 is 9.27. The van der Waals surface area contributed by atoms with Crippen molar-refractivity contribution in [2.75, 3.05) is 11.6 Å². The Morgan fingerprint density at radius 3 is 2.83 bits per heavy atom. The summed E-state index contributed by atoms with van der Waals surface area (Å²) in [6, 6.07) is 12.4. The fourth-order valence-electron chi connectivity index (χ4n) is 2.24. The van der Waals surface area contributed by atoms with Crippen LogP contribution in [0.15, 0.2) is 46.5 Å². The first-order valence-corrected chi connectivity index (χ1v) is 9.99. The summed E-state index contributed by atoms with van der Waals surface area (Å²) in [4.78, 5) is 13.8. The van der Waals surface area contributed by atoms with E-state index in [4.69, 9.17) is 11.6 Å². The number of aryl methyl sites for hydroxylation is 1. The van der Waals surface area contributed by atoms with Gasteiger partial charge in [0.05, 0.1) is 16.7 Å². The number of aromatic nitrogens is 3. The summed E-state index contributed by atoms with van der Waals surface area (Å²) in [6.45, 7) is 2.04. The molecule has 0 amide bonds. The van der Waals surface area contributed by atoms with Crippen molar-refractivity contribution in [3.05, 3.63) is 47.8 Å². The maximum Gasteiger partial charge on any atom is 0.166 e. The SMILES string of the molecule is Cc1cc(SCCCCl)cc(CSc2nc3ccccc3[nH]2)n1. The molecule has 3 rings (SSSR count). The van der Waals surface area contributed by atoms with Crippen LogP contribution in [0.2, 0.25) is 0 Å². The van der Waals surface area contributed by atoms with Crippen LogP contribution in [0.1, 0.15) is 17.8 Å². The van der Waals surface area contributed by atoms with Gasteiger partial charge in [-0.05, 0) is 43.4 Å². The number of rotatable bonds is 7. The average Bonchev–Trinajstić information content (AvgIpc) is 2.96. The standard InChI is InChI=1S/C17H18ClN3S2/c1-12-9-14(22-8-4-7-18)10-13(19-12)11-23-17-20-15-5-2-3-6-16(15)21-17/h2-3,5-6,9-10H,4,7-8,11H2,1H3,(H,20,21). The molecule has 23 heavy (non-hydrogen) atoms. The lowest BCUT2D eigenvalue weighted by atomic mass is 10.3. The molecular formula is C17H18ClN3S2. The van der Waals surface area contributed by atoms with Gasteiger partial charge < -0.3 is 4.98 Å². The lowest BCUT2D eigenvalue weighted by Crippen LogP contribution is -1.92. The van der Waals surface area contributed by atoms with Crippen LogP contribution >= 0.6 is 35.1 Å². The number of imidazole rings is 1. The molecule has 0 radical (unpaired) electrons. The van der Waals surface area contributed by atoms with Crippen LogP contribution in [-0.2, 0) is 5.75 Å². The Hall–Kier alpha value is -1.17. The van der Waals surface area contributed by atoms with Crippen LogP contribution < -0.4 is 0 Å². The van der Waals surface area contributed by atoms with Crippen molar-refractivity contribution in [1.82, 2.24) is 15.0 Å². The molecule has 2 heterocycles. The topological polar surface area (TPSA) is 41.6 Å². The maximum absolute atomic E-state index is 5.74. The monoisotopic (exact) mass is 363 g/mol. The van der Waals surface area contributed by atoms with E-state index in [9.17, 15) is 0 Å². The second-order valence-corrected chi connectivity index (χ2v) is 7.68. The fourth-order valence-corrected chi connectivity index (χ4v) is 4.31. The highest BCUT2D eigenvalue weighted by molar-refractivity contribution is 7.99. The van der Waals surface area contributed by atoms with Crippen molar-refractivity contribution in [1.29, 1.82) is 0 Å². The lowest BCUT2D eigenvalue weighted by molar-refractivity contribution is 1.05. The van der Waals surface area contributed by atoms with E-state index >= 15 is 0 Å². The number of alkyl halides is 1. The van der Waals surface area contributed by atoms with Crippen LogP contribution in [-0.4, -0.2) is 26.6 Å². The fraction of sp³-hybridized carbons (Fsp3) is 0.294. The third kappa shape index (κ3) is 4.66. The van der Waals surface area contributed by atoms with Crippen LogP contribution in [0.3, 0.4) is 0 Å². The van der Waals surface area contributed by atoms with E-state index in [0.29, 0.717) is 5.88 Å². The number of hydrogen-bond acceptors (Lipinski definition) is 4. The molecule has 0 saturated carbocycles. The first-order chi connectivity index (χ1) is 11.2. The van der Waals surface area contributed by atoms with Crippen molar-refractivity contribution in [3.8, 4) is 0 Å². The number of H-pyrrole nitrogens is 1. The third-order valence-corrected chi connectivity index (χ3v) is 5.49. The van der Waals surface area contributed by atoms with E-state index in [-0.39, 0.29) is 0 Å². The minimum absolute atomic E-state index is 0.714. The molecule has 0 bridgehead atoms. The largest absolute Gasteiger partial charge is 0.333 e. The van der Waals surface area contributed by atoms with Gasteiger partial charge in [0, 0.05) is 22.2 Å². The summed E-state index contributed by atoms with van der Waals surface area (Å²) in [7, 11) is 0. The summed E-state index contributed by atoms with van der Waals surface area (Å²) in [5.41, 5.74) is 4.22. The van der Waals surface area contributed by atoms with Crippen molar-refractivity contribution in [2.45, 2.75) is 29.1 Å². The molecule has 0 atom stereocenters. The number of hydrogen-bond donors (Lipinski definition) is 1. The van der Waals surface area contributed by atoms with Gasteiger partial charge in [-0.25, -0.2) is 4.98 Å². The summed E-state index contributed by atoms with van der Waals surface area (Å²) in [5, 5.41) is 0.936. The normalized spacial score (nSPS) is 11.2. The van der Waals surface area contributed by atoms with Gasteiger partial charge in [0.1, 0.15) is 0 Å². The van der Waals surface area contributed by atoms with Crippen LogP contribution in [0.4, 0.5) is 0 Å². The number of para-hydroxylation sites is 2. The predicted molar refractivity (Wildman–Crippen MR) is 101 cm³/mol. The van der Waals surface area contributed by atoms with E-state index < -0.39 is 0 Å². The van der Waals surface area contributed by atoms with Gasteiger partial charge in [0.25, 0.3) is 0 Å². The number of thioether (sulfide) groups is 2. The van der Waals surface area contributed by atoms with Gasteiger partial charge in [-0.15, -0.1) is 23.4 Å². The molecule has 0 aliphatic carbocycles. The number of aromatic amines is 1. The second-order valence-electron chi connectivity index (χ2n) is 5.17. The zero-order chi connectivity index (χ0) is 16.1. The summed E-state index contributed by atoms with van der Waals surface area (Å²) in [6.07, 6.45) is 1.02. The Kier molecular flexibility index (Phi) is 5.86. The number of fused-ring (bicyclic) bond motifs is 1. The first-order valence-electron chi connectivity index (χ1n) is 7.48. The molecule has 0 spiro atoms. The van der Waals surface area contributed by atoms with Gasteiger partial charge in [-0.3, -0.25) is 4.98 Å². The first kappa shape index (κ1) is 16.7. The quantitative estimate of drug-likeness (QED) is 0.352. The highest BCUT2D eigenvalue weighted by atomic mass is 35.5. The molecule has 0 aliphatic heterocycles. The van der Waals surface area contributed by atoms with Crippen LogP contribution in [0.25, 0.3) is 11.0 Å².